The van der Waals surface area contributed by atoms with Gasteiger partial charge >= 0.3 is 0 Å². The first kappa shape index (κ1) is 16.5. The average molecular weight is 302 g/mol. The Morgan fingerprint density at radius 1 is 1.26 bits per heavy atom. The fraction of sp³-hybridized carbons (Fsp3) is 0.538. The number of hydrogen-bond acceptors (Lipinski definition) is 4. The minimum atomic E-state index is -3.48. The minimum Gasteiger partial charge on any atom is -0.329 e. The first-order chi connectivity index (χ1) is 8.89. The Balaban J connectivity index is 2.84. The first-order valence-electron chi connectivity index (χ1n) is 6.25. The highest BCUT2D eigenvalue weighted by Gasteiger charge is 2.19. The summed E-state index contributed by atoms with van der Waals surface area (Å²) in [6.07, 6.45) is 2.69. The molecule has 0 amide bonds. The molecule has 19 heavy (non-hydrogen) atoms. The molecule has 0 radical (unpaired) electrons. The highest BCUT2D eigenvalue weighted by atomic mass is 32.2. The van der Waals surface area contributed by atoms with Gasteiger partial charge in [-0.25, -0.2) is 13.1 Å². The molecule has 1 rings (SSSR count). The second-order valence-electron chi connectivity index (χ2n) is 4.86. The highest BCUT2D eigenvalue weighted by Crippen LogP contribution is 2.18. The summed E-state index contributed by atoms with van der Waals surface area (Å²) in [5.41, 5.74) is 5.62. The summed E-state index contributed by atoms with van der Waals surface area (Å²) >= 11 is 1.58. The van der Waals surface area contributed by atoms with Gasteiger partial charge in [0.2, 0.25) is 10.0 Å². The van der Waals surface area contributed by atoms with E-state index in [-0.39, 0.29) is 10.9 Å². The average Bonchev–Trinajstić information content (AvgIpc) is 2.37. The lowest BCUT2D eigenvalue weighted by Crippen LogP contribution is -2.40. The molecule has 0 saturated heterocycles. The van der Waals surface area contributed by atoms with Gasteiger partial charge in [-0.05, 0) is 42.9 Å². The summed E-state index contributed by atoms with van der Waals surface area (Å²) in [6.45, 7) is 4.40. The van der Waals surface area contributed by atoms with Crippen molar-refractivity contribution in [3.8, 4) is 0 Å². The Hall–Kier alpha value is -0.560. The number of sulfonamides is 1. The van der Waals surface area contributed by atoms with Gasteiger partial charge in [0.25, 0.3) is 0 Å². The lowest BCUT2D eigenvalue weighted by atomic mass is 10.1. The molecule has 3 N–H and O–H groups in total. The van der Waals surface area contributed by atoms with E-state index in [0.717, 1.165) is 11.3 Å². The van der Waals surface area contributed by atoms with Crippen molar-refractivity contribution in [1.82, 2.24) is 4.72 Å². The number of nitrogens with two attached hydrogens (primary N) is 1. The third-order valence-corrected chi connectivity index (χ3v) is 5.01. The van der Waals surface area contributed by atoms with Gasteiger partial charge in [-0.2, -0.15) is 0 Å². The molecule has 0 spiro atoms. The Kier molecular flexibility index (Phi) is 6.32. The van der Waals surface area contributed by atoms with Gasteiger partial charge < -0.3 is 5.73 Å². The van der Waals surface area contributed by atoms with Crippen molar-refractivity contribution < 1.29 is 8.42 Å². The molecule has 0 fully saturated rings. The molecule has 1 aromatic rings. The van der Waals surface area contributed by atoms with Gasteiger partial charge in [0, 0.05) is 17.5 Å². The second-order valence-corrected chi connectivity index (χ2v) is 7.45. The van der Waals surface area contributed by atoms with Gasteiger partial charge in [0.15, 0.2) is 0 Å². The van der Waals surface area contributed by atoms with Crippen LogP contribution in [0.1, 0.15) is 20.3 Å². The van der Waals surface area contributed by atoms with E-state index in [2.05, 4.69) is 4.72 Å². The molecule has 0 heterocycles. The molecule has 0 unspecified atom stereocenters. The number of benzene rings is 1. The van der Waals surface area contributed by atoms with E-state index in [1.807, 2.05) is 20.1 Å². The number of hydrogen-bond donors (Lipinski definition) is 2. The summed E-state index contributed by atoms with van der Waals surface area (Å²) < 4.78 is 27.1. The fourth-order valence-electron chi connectivity index (χ4n) is 1.80. The zero-order valence-electron chi connectivity index (χ0n) is 11.6. The van der Waals surface area contributed by atoms with Crippen LogP contribution in [0.4, 0.5) is 0 Å². The van der Waals surface area contributed by atoms with Crippen LogP contribution in [0.25, 0.3) is 0 Å². The fourth-order valence-corrected chi connectivity index (χ4v) is 3.47. The Labute approximate surface area is 120 Å². The van der Waals surface area contributed by atoms with Crippen LogP contribution in [0.5, 0.6) is 0 Å². The standard InChI is InChI=1S/C13H22N2O2S2/c1-10(2)8-11(9-14)15-19(16,17)13-6-4-12(18-3)5-7-13/h4-7,10-11,15H,8-9,14H2,1-3H3/t11-/m1/s1. The third kappa shape index (κ3) is 5.14. The maximum absolute atomic E-state index is 12.2. The van der Waals surface area contributed by atoms with E-state index < -0.39 is 10.0 Å². The number of nitrogens with one attached hydrogen (secondary N) is 1. The predicted molar refractivity (Wildman–Crippen MR) is 80.8 cm³/mol. The van der Waals surface area contributed by atoms with Gasteiger partial charge in [0.05, 0.1) is 4.90 Å². The summed E-state index contributed by atoms with van der Waals surface area (Å²) in [4.78, 5) is 1.32. The molecule has 0 bridgehead atoms. The van der Waals surface area contributed by atoms with Crippen LogP contribution >= 0.6 is 11.8 Å². The van der Waals surface area contributed by atoms with Crippen LogP contribution in [0.2, 0.25) is 0 Å². The van der Waals surface area contributed by atoms with Crippen LogP contribution < -0.4 is 10.5 Å². The second kappa shape index (κ2) is 7.28. The molecule has 0 aliphatic carbocycles. The Morgan fingerprint density at radius 3 is 2.26 bits per heavy atom. The van der Waals surface area contributed by atoms with Crippen molar-refractivity contribution in [2.24, 2.45) is 11.7 Å². The normalized spacial score (nSPS) is 13.7. The van der Waals surface area contributed by atoms with Gasteiger partial charge in [0.1, 0.15) is 0 Å². The summed E-state index contributed by atoms with van der Waals surface area (Å²) in [5.74, 6) is 0.398. The predicted octanol–water partition coefficient (Wildman–Crippen LogP) is 2.06. The SMILES string of the molecule is CSc1ccc(S(=O)(=O)N[C@@H](CN)CC(C)C)cc1. The molecule has 4 nitrogen and oxygen atoms in total. The minimum absolute atomic E-state index is 0.217. The van der Waals surface area contributed by atoms with Gasteiger partial charge in [-0.15, -0.1) is 11.8 Å². The molecule has 0 aromatic heterocycles. The quantitative estimate of drug-likeness (QED) is 0.756. The Morgan fingerprint density at radius 2 is 1.84 bits per heavy atom. The smallest absolute Gasteiger partial charge is 0.240 e. The van der Waals surface area contributed by atoms with Crippen LogP contribution in [0.3, 0.4) is 0 Å². The van der Waals surface area contributed by atoms with E-state index in [1.165, 1.54) is 0 Å². The van der Waals surface area contributed by atoms with E-state index in [0.29, 0.717) is 12.5 Å². The lowest BCUT2D eigenvalue weighted by Gasteiger charge is -2.18. The maximum Gasteiger partial charge on any atom is 0.240 e. The van der Waals surface area contributed by atoms with Crippen LogP contribution in [0.15, 0.2) is 34.1 Å². The van der Waals surface area contributed by atoms with Gasteiger partial charge in [-0.3, -0.25) is 0 Å². The summed E-state index contributed by atoms with van der Waals surface area (Å²) in [7, 11) is -3.48. The van der Waals surface area contributed by atoms with Crippen molar-refractivity contribution in [2.45, 2.75) is 36.1 Å². The third-order valence-electron chi connectivity index (χ3n) is 2.73. The molecule has 6 heteroatoms. The van der Waals surface area contributed by atoms with E-state index in [1.54, 1.807) is 36.0 Å². The van der Waals surface area contributed by atoms with E-state index >= 15 is 0 Å². The van der Waals surface area contributed by atoms with E-state index in [4.69, 9.17) is 5.73 Å². The van der Waals surface area contributed by atoms with Crippen molar-refractivity contribution in [3.05, 3.63) is 24.3 Å². The molecule has 108 valence electrons. The van der Waals surface area contributed by atoms with Crippen LogP contribution in [-0.2, 0) is 10.0 Å². The highest BCUT2D eigenvalue weighted by molar-refractivity contribution is 7.98. The van der Waals surface area contributed by atoms with Gasteiger partial charge in [-0.1, -0.05) is 13.8 Å². The molecular weight excluding hydrogens is 280 g/mol. The van der Waals surface area contributed by atoms with Crippen LogP contribution in [-0.4, -0.2) is 27.3 Å². The van der Waals surface area contributed by atoms with Crippen molar-refractivity contribution in [3.63, 3.8) is 0 Å². The van der Waals surface area contributed by atoms with Crippen LogP contribution in [0, 0.1) is 5.92 Å². The molecule has 0 aliphatic heterocycles. The summed E-state index contributed by atoms with van der Waals surface area (Å²) in [5, 5.41) is 0. The molecular formula is C13H22N2O2S2. The van der Waals surface area contributed by atoms with Crippen molar-refractivity contribution in [1.29, 1.82) is 0 Å². The Bertz CT molecular complexity index is 484. The topological polar surface area (TPSA) is 72.2 Å². The largest absolute Gasteiger partial charge is 0.329 e. The zero-order chi connectivity index (χ0) is 14.5. The number of rotatable bonds is 7. The molecule has 1 aromatic carbocycles. The lowest BCUT2D eigenvalue weighted by molar-refractivity contribution is 0.465. The number of thioether (sulfide) groups is 1. The van der Waals surface area contributed by atoms with E-state index in [9.17, 15) is 8.42 Å². The maximum atomic E-state index is 12.2. The summed E-state index contributed by atoms with van der Waals surface area (Å²) in [6, 6.07) is 6.64. The first-order valence-corrected chi connectivity index (χ1v) is 8.96. The van der Waals surface area contributed by atoms with Crippen molar-refractivity contribution >= 4 is 21.8 Å². The molecule has 1 atom stereocenters. The van der Waals surface area contributed by atoms with Crippen molar-refractivity contribution in [2.75, 3.05) is 12.8 Å². The zero-order valence-corrected chi connectivity index (χ0v) is 13.2. The monoisotopic (exact) mass is 302 g/mol. The molecule has 0 saturated carbocycles. The molecule has 0 aliphatic rings.